The van der Waals surface area contributed by atoms with Gasteiger partial charge in [-0.1, -0.05) is 63.4 Å². The van der Waals surface area contributed by atoms with Crippen LogP contribution in [0.4, 0.5) is 17.1 Å². The lowest BCUT2D eigenvalue weighted by Crippen LogP contribution is -2.10. The largest absolute Gasteiger partial charge is 0.399 e. The lowest BCUT2D eigenvalue weighted by molar-refractivity contribution is 0.348. The van der Waals surface area contributed by atoms with Crippen molar-refractivity contribution in [2.24, 2.45) is 5.92 Å². The molecule has 0 amide bonds. The fourth-order valence-corrected chi connectivity index (χ4v) is 3.24. The van der Waals surface area contributed by atoms with Gasteiger partial charge in [-0.3, -0.25) is 0 Å². The standard InChI is InChI=1S/C14H20.C7H11N3.C2H6/c1-11-3-7-13(8-4-11)14-9-5-12(2)6-10-14;1-10-7-3-2-5(8)4-6(7)9;1-2/h3-4,7-8,12,14H,5-6,9-10H2,1-2H3;2-4,10H,8-9H2,1H3;1-2H3. The highest BCUT2D eigenvalue weighted by molar-refractivity contribution is 5.70. The van der Waals surface area contributed by atoms with Crippen molar-refractivity contribution in [2.75, 3.05) is 23.8 Å². The molecular formula is C23H37N3. The Labute approximate surface area is 160 Å². The van der Waals surface area contributed by atoms with E-state index in [0.717, 1.165) is 17.5 Å². The molecule has 1 fully saturated rings. The number of aryl methyl sites for hydroxylation is 1. The molecule has 26 heavy (non-hydrogen) atoms. The van der Waals surface area contributed by atoms with Gasteiger partial charge in [0, 0.05) is 12.7 Å². The van der Waals surface area contributed by atoms with E-state index >= 15 is 0 Å². The molecule has 2 aromatic rings. The summed E-state index contributed by atoms with van der Waals surface area (Å²) in [6, 6.07) is 14.5. The second-order valence-corrected chi connectivity index (χ2v) is 6.96. The molecule has 0 unspecified atom stereocenters. The number of hydrogen-bond donors (Lipinski definition) is 3. The van der Waals surface area contributed by atoms with Crippen molar-refractivity contribution in [3.8, 4) is 0 Å². The summed E-state index contributed by atoms with van der Waals surface area (Å²) in [6.45, 7) is 8.54. The van der Waals surface area contributed by atoms with Gasteiger partial charge in [-0.2, -0.15) is 0 Å². The fraction of sp³-hybridized carbons (Fsp3) is 0.478. The zero-order chi connectivity index (χ0) is 19.5. The van der Waals surface area contributed by atoms with Crippen molar-refractivity contribution in [1.82, 2.24) is 0 Å². The van der Waals surface area contributed by atoms with Crippen LogP contribution < -0.4 is 16.8 Å². The van der Waals surface area contributed by atoms with Crippen LogP contribution in [-0.4, -0.2) is 7.05 Å². The zero-order valence-electron chi connectivity index (χ0n) is 17.2. The van der Waals surface area contributed by atoms with Crippen molar-refractivity contribution >= 4 is 17.1 Å². The first-order valence-electron chi connectivity index (χ1n) is 9.89. The molecule has 0 aromatic heterocycles. The summed E-state index contributed by atoms with van der Waals surface area (Å²) in [5.41, 5.74) is 16.3. The molecule has 3 heteroatoms. The molecule has 1 aliphatic carbocycles. The lowest BCUT2D eigenvalue weighted by Gasteiger charge is -2.26. The Morgan fingerprint density at radius 2 is 1.46 bits per heavy atom. The lowest BCUT2D eigenvalue weighted by atomic mass is 9.79. The molecular weight excluding hydrogens is 318 g/mol. The van der Waals surface area contributed by atoms with E-state index < -0.39 is 0 Å². The van der Waals surface area contributed by atoms with Gasteiger partial charge in [0.25, 0.3) is 0 Å². The molecule has 0 saturated heterocycles. The molecule has 0 spiro atoms. The molecule has 2 aromatic carbocycles. The van der Waals surface area contributed by atoms with Crippen LogP contribution in [0.2, 0.25) is 0 Å². The van der Waals surface area contributed by atoms with Gasteiger partial charge in [0.1, 0.15) is 0 Å². The molecule has 0 bridgehead atoms. The maximum Gasteiger partial charge on any atom is 0.0572 e. The van der Waals surface area contributed by atoms with Crippen LogP contribution >= 0.6 is 0 Å². The Bertz CT molecular complexity index is 626. The molecule has 3 rings (SSSR count). The summed E-state index contributed by atoms with van der Waals surface area (Å²) in [5.74, 6) is 1.79. The van der Waals surface area contributed by atoms with Crippen LogP contribution in [0, 0.1) is 12.8 Å². The van der Waals surface area contributed by atoms with E-state index in [0.29, 0.717) is 11.4 Å². The highest BCUT2D eigenvalue weighted by Gasteiger charge is 2.19. The first-order valence-corrected chi connectivity index (χ1v) is 9.89. The monoisotopic (exact) mass is 355 g/mol. The predicted octanol–water partition coefficient (Wildman–Crippen LogP) is 6.21. The molecule has 0 radical (unpaired) electrons. The highest BCUT2D eigenvalue weighted by Crippen LogP contribution is 2.35. The van der Waals surface area contributed by atoms with Crippen LogP contribution in [-0.2, 0) is 0 Å². The van der Waals surface area contributed by atoms with E-state index in [-0.39, 0.29) is 0 Å². The van der Waals surface area contributed by atoms with E-state index in [1.807, 2.05) is 33.0 Å². The molecule has 0 atom stereocenters. The number of rotatable bonds is 2. The van der Waals surface area contributed by atoms with E-state index in [4.69, 9.17) is 11.5 Å². The van der Waals surface area contributed by atoms with E-state index in [1.165, 1.54) is 31.2 Å². The third kappa shape index (κ3) is 6.99. The van der Waals surface area contributed by atoms with E-state index in [1.54, 1.807) is 11.6 Å². The number of nitrogens with one attached hydrogen (secondary N) is 1. The van der Waals surface area contributed by atoms with Gasteiger partial charge in [-0.15, -0.1) is 0 Å². The maximum absolute atomic E-state index is 5.59. The molecule has 1 aliphatic rings. The molecule has 5 N–H and O–H groups in total. The number of anilines is 3. The Kier molecular flexibility index (Phi) is 9.64. The van der Waals surface area contributed by atoms with Gasteiger partial charge in [0.15, 0.2) is 0 Å². The number of nitrogen functional groups attached to an aromatic ring is 2. The van der Waals surface area contributed by atoms with Crippen molar-refractivity contribution in [3.63, 3.8) is 0 Å². The van der Waals surface area contributed by atoms with Crippen molar-refractivity contribution < 1.29 is 0 Å². The SMILES string of the molecule is CC.CNc1ccc(N)cc1N.Cc1ccc(C2CCC(C)CC2)cc1. The van der Waals surface area contributed by atoms with Gasteiger partial charge in [0.05, 0.1) is 11.4 Å². The molecule has 3 nitrogen and oxygen atoms in total. The van der Waals surface area contributed by atoms with Crippen LogP contribution in [0.1, 0.15) is 63.5 Å². The Morgan fingerprint density at radius 3 is 1.96 bits per heavy atom. The van der Waals surface area contributed by atoms with Crippen molar-refractivity contribution in [2.45, 2.75) is 59.3 Å². The predicted molar refractivity (Wildman–Crippen MR) is 118 cm³/mol. The highest BCUT2D eigenvalue weighted by atomic mass is 14.8. The topological polar surface area (TPSA) is 64.1 Å². The third-order valence-corrected chi connectivity index (χ3v) is 4.91. The second-order valence-electron chi connectivity index (χ2n) is 6.96. The van der Waals surface area contributed by atoms with E-state index in [2.05, 4.69) is 43.4 Å². The van der Waals surface area contributed by atoms with Gasteiger partial charge in [-0.05, 0) is 55.4 Å². The summed E-state index contributed by atoms with van der Waals surface area (Å²) in [6.07, 6.45) is 5.62. The minimum absolute atomic E-state index is 0.683. The smallest absolute Gasteiger partial charge is 0.0572 e. The van der Waals surface area contributed by atoms with Crippen LogP contribution in [0.5, 0.6) is 0 Å². The van der Waals surface area contributed by atoms with Gasteiger partial charge < -0.3 is 16.8 Å². The summed E-state index contributed by atoms with van der Waals surface area (Å²) < 4.78 is 0. The zero-order valence-corrected chi connectivity index (χ0v) is 17.2. The average molecular weight is 356 g/mol. The first kappa shape index (κ1) is 21.9. The summed E-state index contributed by atoms with van der Waals surface area (Å²) >= 11 is 0. The molecule has 1 saturated carbocycles. The third-order valence-electron chi connectivity index (χ3n) is 4.91. The van der Waals surface area contributed by atoms with Gasteiger partial charge >= 0.3 is 0 Å². The summed E-state index contributed by atoms with van der Waals surface area (Å²) in [5, 5.41) is 2.94. The van der Waals surface area contributed by atoms with Gasteiger partial charge in [0.2, 0.25) is 0 Å². The normalized spacial score (nSPS) is 18.7. The first-order chi connectivity index (χ1) is 12.5. The second kappa shape index (κ2) is 11.5. The minimum Gasteiger partial charge on any atom is -0.399 e. The Balaban J connectivity index is 0.000000249. The number of benzene rings is 2. The maximum atomic E-state index is 5.59. The quantitative estimate of drug-likeness (QED) is 0.561. The molecule has 144 valence electrons. The number of nitrogens with two attached hydrogens (primary N) is 2. The van der Waals surface area contributed by atoms with Gasteiger partial charge in [-0.25, -0.2) is 0 Å². The minimum atomic E-state index is 0.683. The van der Waals surface area contributed by atoms with Crippen LogP contribution in [0.25, 0.3) is 0 Å². The molecule has 0 aliphatic heterocycles. The van der Waals surface area contributed by atoms with Crippen LogP contribution in [0.15, 0.2) is 42.5 Å². The van der Waals surface area contributed by atoms with Crippen molar-refractivity contribution in [3.05, 3.63) is 53.6 Å². The van der Waals surface area contributed by atoms with Crippen LogP contribution in [0.3, 0.4) is 0 Å². The summed E-state index contributed by atoms with van der Waals surface area (Å²) in [7, 11) is 1.82. The number of hydrogen-bond acceptors (Lipinski definition) is 3. The summed E-state index contributed by atoms with van der Waals surface area (Å²) in [4.78, 5) is 0. The Hall–Kier alpha value is -2.16. The van der Waals surface area contributed by atoms with Crippen molar-refractivity contribution in [1.29, 1.82) is 0 Å². The van der Waals surface area contributed by atoms with E-state index in [9.17, 15) is 0 Å². The molecule has 0 heterocycles. The average Bonchev–Trinajstić information content (AvgIpc) is 2.65. The Morgan fingerprint density at radius 1 is 0.885 bits per heavy atom. The fourth-order valence-electron chi connectivity index (χ4n) is 3.24.